The van der Waals surface area contributed by atoms with Crippen LogP contribution in [-0.4, -0.2) is 32.4 Å². The molecule has 2 N–H and O–H groups in total. The van der Waals surface area contributed by atoms with Crippen LogP contribution < -0.4 is 5.73 Å². The summed E-state index contributed by atoms with van der Waals surface area (Å²) >= 11 is 5.91. The molecule has 1 heterocycles. The van der Waals surface area contributed by atoms with Crippen molar-refractivity contribution in [1.82, 2.24) is 4.31 Å². The number of rotatable bonds is 3. The molecule has 0 aromatic heterocycles. The van der Waals surface area contributed by atoms with E-state index in [2.05, 4.69) is 0 Å². The van der Waals surface area contributed by atoms with E-state index >= 15 is 0 Å². The Hall–Kier alpha value is -0.620. The van der Waals surface area contributed by atoms with E-state index in [4.69, 9.17) is 17.3 Å². The smallest absolute Gasteiger partial charge is 0.243 e. The van der Waals surface area contributed by atoms with E-state index < -0.39 is 10.0 Å². The first kappa shape index (κ1) is 14.8. The lowest BCUT2D eigenvalue weighted by Gasteiger charge is -2.31. The number of benzene rings is 1. The van der Waals surface area contributed by atoms with Crippen LogP contribution in [0.15, 0.2) is 23.1 Å². The fourth-order valence-corrected chi connectivity index (χ4v) is 4.33. The number of piperidine rings is 1. The first-order chi connectivity index (χ1) is 8.95. The summed E-state index contributed by atoms with van der Waals surface area (Å²) in [4.78, 5) is 0.311. The van der Waals surface area contributed by atoms with Crippen LogP contribution in [0.2, 0.25) is 5.02 Å². The zero-order valence-electron chi connectivity index (χ0n) is 11.0. The molecular weight excluding hydrogens is 284 g/mol. The summed E-state index contributed by atoms with van der Waals surface area (Å²) in [6.07, 6.45) is 1.66. The molecule has 6 heteroatoms. The van der Waals surface area contributed by atoms with Gasteiger partial charge in [-0.1, -0.05) is 17.7 Å². The minimum atomic E-state index is -3.44. The number of hydrogen-bond donors (Lipinski definition) is 1. The zero-order chi connectivity index (χ0) is 14.0. The average molecular weight is 303 g/mol. The van der Waals surface area contributed by atoms with Crippen molar-refractivity contribution in [2.75, 3.05) is 19.6 Å². The number of halogens is 1. The SMILES string of the molecule is Cc1ccc(Cl)cc1S(=O)(=O)N1CCC(CN)CC1. The monoisotopic (exact) mass is 302 g/mol. The van der Waals surface area contributed by atoms with Crippen molar-refractivity contribution in [1.29, 1.82) is 0 Å². The quantitative estimate of drug-likeness (QED) is 0.929. The third-order valence-electron chi connectivity index (χ3n) is 3.67. The Morgan fingerprint density at radius 1 is 1.37 bits per heavy atom. The minimum absolute atomic E-state index is 0.311. The second kappa shape index (κ2) is 5.79. The van der Waals surface area contributed by atoms with E-state index in [1.807, 2.05) is 0 Å². The number of hydrogen-bond acceptors (Lipinski definition) is 3. The maximum Gasteiger partial charge on any atom is 0.243 e. The molecule has 1 fully saturated rings. The third kappa shape index (κ3) is 3.11. The molecule has 4 nitrogen and oxygen atoms in total. The summed E-state index contributed by atoms with van der Waals surface area (Å²) in [7, 11) is -3.44. The van der Waals surface area contributed by atoms with Gasteiger partial charge in [0.1, 0.15) is 0 Å². The predicted octanol–water partition coefficient (Wildman–Crippen LogP) is 2.01. The van der Waals surface area contributed by atoms with Crippen molar-refractivity contribution < 1.29 is 8.42 Å². The van der Waals surface area contributed by atoms with E-state index in [-0.39, 0.29) is 0 Å². The molecule has 2 rings (SSSR count). The van der Waals surface area contributed by atoms with Gasteiger partial charge in [0.25, 0.3) is 0 Å². The molecule has 106 valence electrons. The highest BCUT2D eigenvalue weighted by molar-refractivity contribution is 7.89. The summed E-state index contributed by atoms with van der Waals surface area (Å²) in [5, 5.41) is 0.445. The molecular formula is C13H19ClN2O2S. The van der Waals surface area contributed by atoms with Gasteiger partial charge in [0.05, 0.1) is 4.90 Å². The molecule has 19 heavy (non-hydrogen) atoms. The topological polar surface area (TPSA) is 63.4 Å². The van der Waals surface area contributed by atoms with Gasteiger partial charge >= 0.3 is 0 Å². The van der Waals surface area contributed by atoms with Crippen LogP contribution in [0.3, 0.4) is 0 Å². The lowest BCUT2D eigenvalue weighted by Crippen LogP contribution is -2.40. The van der Waals surface area contributed by atoms with Crippen LogP contribution in [0.5, 0.6) is 0 Å². The van der Waals surface area contributed by atoms with Gasteiger partial charge in [-0.3, -0.25) is 0 Å². The fraction of sp³-hybridized carbons (Fsp3) is 0.538. The Bertz CT molecular complexity index is 552. The van der Waals surface area contributed by atoms with E-state index in [1.165, 1.54) is 10.4 Å². The van der Waals surface area contributed by atoms with Crippen molar-refractivity contribution in [2.45, 2.75) is 24.7 Å². The highest BCUT2D eigenvalue weighted by Gasteiger charge is 2.30. The predicted molar refractivity (Wildman–Crippen MR) is 76.7 cm³/mol. The van der Waals surface area contributed by atoms with Gasteiger partial charge in [-0.15, -0.1) is 0 Å². The van der Waals surface area contributed by atoms with Crippen LogP contribution in [0.1, 0.15) is 18.4 Å². The third-order valence-corrected chi connectivity index (χ3v) is 5.95. The second-order valence-corrected chi connectivity index (χ2v) is 7.34. The van der Waals surface area contributed by atoms with E-state index in [0.717, 1.165) is 18.4 Å². The molecule has 0 radical (unpaired) electrons. The molecule has 0 spiro atoms. The maximum absolute atomic E-state index is 12.6. The van der Waals surface area contributed by atoms with Crippen molar-refractivity contribution >= 4 is 21.6 Å². The van der Waals surface area contributed by atoms with Crippen molar-refractivity contribution in [3.8, 4) is 0 Å². The van der Waals surface area contributed by atoms with Crippen LogP contribution in [0.4, 0.5) is 0 Å². The van der Waals surface area contributed by atoms with Crippen molar-refractivity contribution in [3.63, 3.8) is 0 Å². The molecule has 0 saturated carbocycles. The van der Waals surface area contributed by atoms with Gasteiger partial charge in [-0.05, 0) is 49.9 Å². The standard InChI is InChI=1S/C13H19ClN2O2S/c1-10-2-3-12(14)8-13(10)19(17,18)16-6-4-11(9-15)5-7-16/h2-3,8,11H,4-7,9,15H2,1H3. The second-order valence-electron chi connectivity index (χ2n) is 4.99. The largest absolute Gasteiger partial charge is 0.330 e. The van der Waals surface area contributed by atoms with Gasteiger partial charge in [-0.25, -0.2) is 8.42 Å². The molecule has 0 aliphatic carbocycles. The Morgan fingerprint density at radius 2 is 2.00 bits per heavy atom. The van der Waals surface area contributed by atoms with E-state index in [1.54, 1.807) is 19.1 Å². The highest BCUT2D eigenvalue weighted by Crippen LogP contribution is 2.27. The Morgan fingerprint density at radius 3 is 2.58 bits per heavy atom. The minimum Gasteiger partial charge on any atom is -0.330 e. The Balaban J connectivity index is 2.26. The van der Waals surface area contributed by atoms with Gasteiger partial charge in [0, 0.05) is 18.1 Å². The Labute approximate surface area is 119 Å². The fourth-order valence-electron chi connectivity index (χ4n) is 2.38. The number of nitrogens with two attached hydrogens (primary N) is 1. The highest BCUT2D eigenvalue weighted by atomic mass is 35.5. The van der Waals surface area contributed by atoms with Crippen molar-refractivity contribution in [3.05, 3.63) is 28.8 Å². The molecule has 0 unspecified atom stereocenters. The summed E-state index contributed by atoms with van der Waals surface area (Å²) < 4.78 is 26.7. The maximum atomic E-state index is 12.6. The molecule has 1 aromatic rings. The lowest BCUT2D eigenvalue weighted by atomic mass is 9.99. The first-order valence-corrected chi connectivity index (χ1v) is 8.23. The Kier molecular flexibility index (Phi) is 4.50. The van der Waals surface area contributed by atoms with Crippen LogP contribution >= 0.6 is 11.6 Å². The zero-order valence-corrected chi connectivity index (χ0v) is 12.5. The summed E-state index contributed by atoms with van der Waals surface area (Å²) in [6, 6.07) is 4.97. The van der Waals surface area contributed by atoms with Gasteiger partial charge < -0.3 is 5.73 Å². The first-order valence-electron chi connectivity index (χ1n) is 6.41. The normalized spacial score (nSPS) is 18.7. The molecule has 1 aliphatic heterocycles. The van der Waals surface area contributed by atoms with Gasteiger partial charge in [0.2, 0.25) is 10.0 Å². The van der Waals surface area contributed by atoms with E-state index in [0.29, 0.717) is 35.5 Å². The molecule has 1 saturated heterocycles. The number of sulfonamides is 1. The average Bonchev–Trinajstić information content (AvgIpc) is 2.41. The van der Waals surface area contributed by atoms with E-state index in [9.17, 15) is 8.42 Å². The molecule has 1 aliphatic rings. The van der Waals surface area contributed by atoms with Crippen LogP contribution in [0, 0.1) is 12.8 Å². The molecule has 0 amide bonds. The van der Waals surface area contributed by atoms with Gasteiger partial charge in [0.15, 0.2) is 0 Å². The summed E-state index contributed by atoms with van der Waals surface area (Å²) in [5.74, 6) is 0.437. The van der Waals surface area contributed by atoms with Crippen LogP contribution in [0.25, 0.3) is 0 Å². The molecule has 0 atom stereocenters. The van der Waals surface area contributed by atoms with Crippen molar-refractivity contribution in [2.24, 2.45) is 11.7 Å². The van der Waals surface area contributed by atoms with Crippen LogP contribution in [-0.2, 0) is 10.0 Å². The number of aryl methyl sites for hydroxylation is 1. The lowest BCUT2D eigenvalue weighted by molar-refractivity contribution is 0.278. The number of nitrogens with zero attached hydrogens (tertiary/aromatic N) is 1. The molecule has 1 aromatic carbocycles. The van der Waals surface area contributed by atoms with Gasteiger partial charge in [-0.2, -0.15) is 4.31 Å². The summed E-state index contributed by atoms with van der Waals surface area (Å²) in [6.45, 7) is 3.49. The molecule has 0 bridgehead atoms. The summed E-state index contributed by atoms with van der Waals surface area (Å²) in [5.41, 5.74) is 6.35.